The molecule has 4 heteroatoms. The van der Waals surface area contributed by atoms with Crippen molar-refractivity contribution in [3.63, 3.8) is 0 Å². The lowest BCUT2D eigenvalue weighted by molar-refractivity contribution is 0.617. The highest BCUT2D eigenvalue weighted by Crippen LogP contribution is 2.19. The van der Waals surface area contributed by atoms with Crippen LogP contribution < -0.4 is 5.73 Å². The van der Waals surface area contributed by atoms with Gasteiger partial charge in [-0.15, -0.1) is 0 Å². The zero-order chi connectivity index (χ0) is 13.2. The highest BCUT2D eigenvalue weighted by molar-refractivity contribution is 5.80. The number of hydrogen-bond donors (Lipinski definition) is 1. The minimum absolute atomic E-state index is 0.309. The smallest absolute Gasteiger partial charge is 0.141 e. The van der Waals surface area contributed by atoms with Crippen LogP contribution in [0.5, 0.6) is 0 Å². The van der Waals surface area contributed by atoms with Crippen LogP contribution in [0, 0.1) is 5.82 Å². The summed E-state index contributed by atoms with van der Waals surface area (Å²) in [5, 5.41) is 1.15. The van der Waals surface area contributed by atoms with Crippen molar-refractivity contribution in [3.05, 3.63) is 65.9 Å². The van der Waals surface area contributed by atoms with Gasteiger partial charge in [-0.25, -0.2) is 4.39 Å². The molecule has 1 aromatic carbocycles. The number of hydrogen-bond acceptors (Lipinski definition) is 2. The number of nitrogens with two attached hydrogens (primary N) is 1. The van der Waals surface area contributed by atoms with Gasteiger partial charge in [-0.1, -0.05) is 12.1 Å². The molecule has 0 bridgehead atoms. The molecule has 0 amide bonds. The van der Waals surface area contributed by atoms with E-state index >= 15 is 0 Å². The van der Waals surface area contributed by atoms with Crippen LogP contribution in [-0.2, 0) is 13.1 Å². The molecular formula is C15H14FN3. The van der Waals surface area contributed by atoms with Gasteiger partial charge in [0.25, 0.3) is 0 Å². The summed E-state index contributed by atoms with van der Waals surface area (Å²) in [6, 6.07) is 9.70. The summed E-state index contributed by atoms with van der Waals surface area (Å²) >= 11 is 0. The van der Waals surface area contributed by atoms with E-state index in [0.717, 1.165) is 22.0 Å². The van der Waals surface area contributed by atoms with Crippen LogP contribution in [0.3, 0.4) is 0 Å². The molecule has 19 heavy (non-hydrogen) atoms. The molecule has 0 aliphatic heterocycles. The summed E-state index contributed by atoms with van der Waals surface area (Å²) in [4.78, 5) is 3.87. The number of nitrogens with zero attached hydrogens (tertiary/aromatic N) is 2. The molecule has 0 saturated heterocycles. The highest BCUT2D eigenvalue weighted by atomic mass is 19.1. The highest BCUT2D eigenvalue weighted by Gasteiger charge is 2.04. The van der Waals surface area contributed by atoms with E-state index in [1.807, 2.05) is 18.3 Å². The zero-order valence-electron chi connectivity index (χ0n) is 10.4. The minimum Gasteiger partial charge on any atom is -0.343 e. The van der Waals surface area contributed by atoms with Gasteiger partial charge in [0, 0.05) is 31.0 Å². The number of rotatable bonds is 3. The summed E-state index contributed by atoms with van der Waals surface area (Å²) in [5.74, 6) is -0.309. The summed E-state index contributed by atoms with van der Waals surface area (Å²) in [7, 11) is 0. The Morgan fingerprint density at radius 1 is 1.11 bits per heavy atom. The first-order valence-electron chi connectivity index (χ1n) is 6.13. The Hall–Kier alpha value is -2.20. The van der Waals surface area contributed by atoms with Crippen molar-refractivity contribution in [2.45, 2.75) is 13.1 Å². The fourth-order valence-corrected chi connectivity index (χ4v) is 2.23. The molecule has 0 aliphatic carbocycles. The molecule has 96 valence electrons. The number of pyridine rings is 1. The monoisotopic (exact) mass is 255 g/mol. The Bertz CT molecular complexity index is 718. The fourth-order valence-electron chi connectivity index (χ4n) is 2.23. The number of halogens is 1. The third kappa shape index (κ3) is 2.35. The number of fused-ring (bicyclic) bond motifs is 1. The maximum Gasteiger partial charge on any atom is 0.141 e. The van der Waals surface area contributed by atoms with E-state index in [0.29, 0.717) is 13.1 Å². The molecule has 0 spiro atoms. The van der Waals surface area contributed by atoms with Gasteiger partial charge in [0.15, 0.2) is 0 Å². The quantitative estimate of drug-likeness (QED) is 0.782. The minimum atomic E-state index is -0.309. The van der Waals surface area contributed by atoms with Gasteiger partial charge >= 0.3 is 0 Å². The Morgan fingerprint density at radius 2 is 2.00 bits per heavy atom. The molecule has 0 saturated carbocycles. The predicted molar refractivity (Wildman–Crippen MR) is 73.1 cm³/mol. The van der Waals surface area contributed by atoms with Crippen LogP contribution in [0.25, 0.3) is 10.9 Å². The van der Waals surface area contributed by atoms with E-state index in [9.17, 15) is 4.39 Å². The molecule has 3 rings (SSSR count). The summed E-state index contributed by atoms with van der Waals surface area (Å²) < 4.78 is 15.2. The Labute approximate surface area is 110 Å². The molecule has 0 aliphatic rings. The van der Waals surface area contributed by atoms with E-state index < -0.39 is 0 Å². The van der Waals surface area contributed by atoms with Crippen molar-refractivity contribution in [1.82, 2.24) is 9.55 Å². The van der Waals surface area contributed by atoms with Crippen LogP contribution in [-0.4, -0.2) is 9.55 Å². The molecule has 2 heterocycles. The molecule has 2 N–H and O–H groups in total. The Kier molecular flexibility index (Phi) is 3.01. The van der Waals surface area contributed by atoms with E-state index in [1.54, 1.807) is 6.20 Å². The molecule has 0 atom stereocenters. The van der Waals surface area contributed by atoms with Crippen molar-refractivity contribution in [2.24, 2.45) is 5.73 Å². The van der Waals surface area contributed by atoms with Gasteiger partial charge in [-0.2, -0.15) is 0 Å². The van der Waals surface area contributed by atoms with E-state index in [1.165, 1.54) is 12.3 Å². The van der Waals surface area contributed by atoms with Crippen LogP contribution in [0.1, 0.15) is 11.1 Å². The average molecular weight is 255 g/mol. The van der Waals surface area contributed by atoms with Gasteiger partial charge in [-0.05, 0) is 34.7 Å². The summed E-state index contributed by atoms with van der Waals surface area (Å²) in [6.45, 7) is 1.12. The van der Waals surface area contributed by atoms with Crippen molar-refractivity contribution in [2.75, 3.05) is 0 Å². The topological polar surface area (TPSA) is 43.8 Å². The summed E-state index contributed by atoms with van der Waals surface area (Å²) in [5.41, 5.74) is 8.70. The third-order valence-electron chi connectivity index (χ3n) is 3.19. The Balaban J connectivity index is 2.00. The molecule has 0 fully saturated rings. The third-order valence-corrected chi connectivity index (χ3v) is 3.19. The zero-order valence-corrected chi connectivity index (χ0v) is 10.4. The first-order chi connectivity index (χ1) is 9.26. The predicted octanol–water partition coefficient (Wildman–Crippen LogP) is 2.68. The maximum absolute atomic E-state index is 13.1. The van der Waals surface area contributed by atoms with Crippen LogP contribution in [0.15, 0.2) is 48.9 Å². The van der Waals surface area contributed by atoms with Crippen molar-refractivity contribution in [1.29, 1.82) is 0 Å². The fraction of sp³-hybridized carbons (Fsp3) is 0.133. The normalized spacial score (nSPS) is 11.1. The average Bonchev–Trinajstić information content (AvgIpc) is 2.81. The lowest BCUT2D eigenvalue weighted by Gasteiger charge is -2.06. The van der Waals surface area contributed by atoms with E-state index in [-0.39, 0.29) is 5.82 Å². The van der Waals surface area contributed by atoms with Crippen LogP contribution >= 0.6 is 0 Å². The van der Waals surface area contributed by atoms with Gasteiger partial charge in [0.1, 0.15) is 5.82 Å². The Morgan fingerprint density at radius 3 is 2.79 bits per heavy atom. The van der Waals surface area contributed by atoms with Crippen molar-refractivity contribution >= 4 is 10.9 Å². The van der Waals surface area contributed by atoms with Crippen molar-refractivity contribution < 1.29 is 4.39 Å². The van der Waals surface area contributed by atoms with Gasteiger partial charge in [0.2, 0.25) is 0 Å². The number of aromatic nitrogens is 2. The standard InChI is InChI=1S/C15H14FN3/c16-14-5-12(8-18-9-14)10-19-4-3-13-2-1-11(7-17)6-15(13)19/h1-6,8-9H,7,10,17H2. The van der Waals surface area contributed by atoms with Crippen molar-refractivity contribution in [3.8, 4) is 0 Å². The van der Waals surface area contributed by atoms with Crippen LogP contribution in [0.2, 0.25) is 0 Å². The van der Waals surface area contributed by atoms with Gasteiger partial charge in [0.05, 0.1) is 6.20 Å². The first-order valence-corrected chi connectivity index (χ1v) is 6.13. The second kappa shape index (κ2) is 4.82. The molecule has 2 aromatic heterocycles. The SMILES string of the molecule is NCc1ccc2ccn(Cc3cncc(F)c3)c2c1. The van der Waals surface area contributed by atoms with Gasteiger partial charge in [-0.3, -0.25) is 4.98 Å². The van der Waals surface area contributed by atoms with E-state index in [4.69, 9.17) is 5.73 Å². The first kappa shape index (κ1) is 11.9. The van der Waals surface area contributed by atoms with Crippen LogP contribution in [0.4, 0.5) is 4.39 Å². The second-order valence-electron chi connectivity index (χ2n) is 4.55. The molecule has 0 radical (unpaired) electrons. The largest absolute Gasteiger partial charge is 0.343 e. The van der Waals surface area contributed by atoms with E-state index in [2.05, 4.69) is 21.7 Å². The molecule has 3 nitrogen and oxygen atoms in total. The summed E-state index contributed by atoms with van der Waals surface area (Å²) in [6.07, 6.45) is 4.89. The van der Waals surface area contributed by atoms with Gasteiger partial charge < -0.3 is 10.3 Å². The second-order valence-corrected chi connectivity index (χ2v) is 4.55. The molecule has 3 aromatic rings. The molecular weight excluding hydrogens is 241 g/mol. The number of benzene rings is 1. The molecule has 0 unspecified atom stereocenters. The lowest BCUT2D eigenvalue weighted by atomic mass is 10.1. The maximum atomic E-state index is 13.1. The lowest BCUT2D eigenvalue weighted by Crippen LogP contribution is -2.00.